The van der Waals surface area contributed by atoms with Crippen LogP contribution in [0.2, 0.25) is 0 Å². The summed E-state index contributed by atoms with van der Waals surface area (Å²) in [6, 6.07) is 10.5. The molecule has 2 atom stereocenters. The van der Waals surface area contributed by atoms with Crippen LogP contribution in [0.4, 0.5) is 0 Å². The molecule has 0 spiro atoms. The molecule has 0 radical (unpaired) electrons. The highest BCUT2D eigenvalue weighted by molar-refractivity contribution is 5.74. The summed E-state index contributed by atoms with van der Waals surface area (Å²) in [5, 5.41) is 9.62. The molecule has 0 heterocycles. The van der Waals surface area contributed by atoms with E-state index in [4.69, 9.17) is 0 Å². The first-order valence-electron chi connectivity index (χ1n) is 7.90. The Bertz CT molecular complexity index is 426. The van der Waals surface area contributed by atoms with Gasteiger partial charge in [-0.3, -0.25) is 4.79 Å². The van der Waals surface area contributed by atoms with E-state index in [9.17, 15) is 9.90 Å². The summed E-state index contributed by atoms with van der Waals surface area (Å²) in [6.45, 7) is 2.20. The molecule has 110 valence electrons. The number of unbranched alkanes of at least 4 members (excludes halogenated alkanes) is 1. The Balaban J connectivity index is 1.82. The molecular weight excluding hydrogens is 248 g/mol. The van der Waals surface area contributed by atoms with Crippen LogP contribution in [0.15, 0.2) is 30.3 Å². The molecule has 0 aliphatic heterocycles. The van der Waals surface area contributed by atoms with Crippen molar-refractivity contribution < 1.29 is 9.90 Å². The highest BCUT2D eigenvalue weighted by Gasteiger charge is 2.40. The van der Waals surface area contributed by atoms with Crippen LogP contribution in [-0.2, 0) is 11.2 Å². The van der Waals surface area contributed by atoms with E-state index in [1.807, 2.05) is 6.07 Å². The largest absolute Gasteiger partial charge is 0.481 e. The molecule has 0 bridgehead atoms. The lowest BCUT2D eigenvalue weighted by molar-refractivity contribution is -0.152. The van der Waals surface area contributed by atoms with Crippen molar-refractivity contribution in [3.63, 3.8) is 0 Å². The number of rotatable bonds is 6. The average molecular weight is 274 g/mol. The lowest BCUT2D eigenvalue weighted by Gasteiger charge is -2.36. The van der Waals surface area contributed by atoms with E-state index in [0.717, 1.165) is 44.9 Å². The summed E-state index contributed by atoms with van der Waals surface area (Å²) in [5.74, 6) is -0.00210. The van der Waals surface area contributed by atoms with Gasteiger partial charge in [0.15, 0.2) is 0 Å². The molecular formula is C18H26O2. The number of hydrogen-bond donors (Lipinski definition) is 1. The van der Waals surface area contributed by atoms with Gasteiger partial charge in [-0.15, -0.1) is 0 Å². The van der Waals surface area contributed by atoms with Crippen LogP contribution in [0.25, 0.3) is 0 Å². The Morgan fingerprint density at radius 3 is 2.70 bits per heavy atom. The summed E-state index contributed by atoms with van der Waals surface area (Å²) >= 11 is 0. The number of carbonyl (C=O) groups is 1. The molecule has 2 nitrogen and oxygen atoms in total. The lowest BCUT2D eigenvalue weighted by atomic mass is 9.67. The van der Waals surface area contributed by atoms with Crippen molar-refractivity contribution in [2.75, 3.05) is 0 Å². The van der Waals surface area contributed by atoms with Crippen LogP contribution < -0.4 is 0 Å². The SMILES string of the molecule is CC1CCCC(CCCCc2ccccc2)(C(=O)O)C1. The number of benzene rings is 1. The zero-order valence-corrected chi connectivity index (χ0v) is 12.5. The first-order valence-corrected chi connectivity index (χ1v) is 7.90. The maximum absolute atomic E-state index is 11.7. The summed E-state index contributed by atoms with van der Waals surface area (Å²) in [5.41, 5.74) is 0.919. The highest BCUT2D eigenvalue weighted by Crippen LogP contribution is 2.43. The van der Waals surface area contributed by atoms with Gasteiger partial charge in [-0.05, 0) is 43.6 Å². The minimum absolute atomic E-state index is 0.436. The monoisotopic (exact) mass is 274 g/mol. The van der Waals surface area contributed by atoms with Gasteiger partial charge in [0.25, 0.3) is 0 Å². The van der Waals surface area contributed by atoms with Gasteiger partial charge in [0.1, 0.15) is 0 Å². The summed E-state index contributed by atoms with van der Waals surface area (Å²) in [6.07, 6.45) is 8.03. The molecule has 1 N–H and O–H groups in total. The first-order chi connectivity index (χ1) is 9.62. The van der Waals surface area contributed by atoms with Crippen molar-refractivity contribution in [1.29, 1.82) is 0 Å². The predicted molar refractivity (Wildman–Crippen MR) is 81.7 cm³/mol. The molecule has 1 saturated carbocycles. The number of aryl methyl sites for hydroxylation is 1. The maximum Gasteiger partial charge on any atom is 0.309 e. The van der Waals surface area contributed by atoms with Crippen molar-refractivity contribution in [2.24, 2.45) is 11.3 Å². The summed E-state index contributed by atoms with van der Waals surface area (Å²) in [4.78, 5) is 11.7. The van der Waals surface area contributed by atoms with Crippen LogP contribution in [0.5, 0.6) is 0 Å². The molecule has 2 heteroatoms. The number of aliphatic carboxylic acids is 1. The van der Waals surface area contributed by atoms with Gasteiger partial charge in [-0.25, -0.2) is 0 Å². The minimum atomic E-state index is -0.566. The molecule has 1 aromatic rings. The van der Waals surface area contributed by atoms with Crippen LogP contribution in [0, 0.1) is 11.3 Å². The second kappa shape index (κ2) is 6.92. The molecule has 1 aliphatic rings. The van der Waals surface area contributed by atoms with Crippen molar-refractivity contribution in [2.45, 2.75) is 58.3 Å². The van der Waals surface area contributed by atoms with E-state index in [-0.39, 0.29) is 0 Å². The van der Waals surface area contributed by atoms with Crippen molar-refractivity contribution in [1.82, 2.24) is 0 Å². The molecule has 0 saturated heterocycles. The Morgan fingerprint density at radius 1 is 1.30 bits per heavy atom. The maximum atomic E-state index is 11.7. The van der Waals surface area contributed by atoms with Gasteiger partial charge < -0.3 is 5.11 Å². The van der Waals surface area contributed by atoms with E-state index >= 15 is 0 Å². The topological polar surface area (TPSA) is 37.3 Å². The van der Waals surface area contributed by atoms with Gasteiger partial charge in [0, 0.05) is 0 Å². The highest BCUT2D eigenvalue weighted by atomic mass is 16.4. The van der Waals surface area contributed by atoms with Gasteiger partial charge in [0.05, 0.1) is 5.41 Å². The molecule has 20 heavy (non-hydrogen) atoms. The van der Waals surface area contributed by atoms with Crippen LogP contribution in [-0.4, -0.2) is 11.1 Å². The number of hydrogen-bond acceptors (Lipinski definition) is 1. The lowest BCUT2D eigenvalue weighted by Crippen LogP contribution is -2.35. The summed E-state index contributed by atoms with van der Waals surface area (Å²) in [7, 11) is 0. The normalized spacial score (nSPS) is 26.4. The number of carboxylic acids is 1. The molecule has 1 aromatic carbocycles. The fourth-order valence-corrected chi connectivity index (χ4v) is 3.63. The Hall–Kier alpha value is -1.31. The molecule has 0 aromatic heterocycles. The van der Waals surface area contributed by atoms with Crippen molar-refractivity contribution in [3.05, 3.63) is 35.9 Å². The third-order valence-corrected chi connectivity index (χ3v) is 4.76. The Labute approximate surface area is 122 Å². The molecule has 0 amide bonds. The van der Waals surface area contributed by atoms with Gasteiger partial charge in [-0.1, -0.05) is 56.5 Å². The van der Waals surface area contributed by atoms with Gasteiger partial charge in [-0.2, -0.15) is 0 Å². The second-order valence-electron chi connectivity index (χ2n) is 6.48. The third kappa shape index (κ3) is 3.84. The van der Waals surface area contributed by atoms with Crippen LogP contribution >= 0.6 is 0 Å². The van der Waals surface area contributed by atoms with Crippen molar-refractivity contribution >= 4 is 5.97 Å². The molecule has 2 rings (SSSR count). The molecule has 2 unspecified atom stereocenters. The summed E-state index contributed by atoms with van der Waals surface area (Å²) < 4.78 is 0. The van der Waals surface area contributed by atoms with E-state index in [0.29, 0.717) is 5.92 Å². The quantitative estimate of drug-likeness (QED) is 0.765. The zero-order valence-electron chi connectivity index (χ0n) is 12.5. The third-order valence-electron chi connectivity index (χ3n) is 4.76. The zero-order chi connectivity index (χ0) is 14.4. The molecule has 1 fully saturated rings. The van der Waals surface area contributed by atoms with E-state index in [2.05, 4.69) is 31.2 Å². The van der Waals surface area contributed by atoms with Crippen LogP contribution in [0.3, 0.4) is 0 Å². The van der Waals surface area contributed by atoms with E-state index < -0.39 is 11.4 Å². The van der Waals surface area contributed by atoms with Crippen molar-refractivity contribution in [3.8, 4) is 0 Å². The average Bonchev–Trinajstić information content (AvgIpc) is 2.45. The minimum Gasteiger partial charge on any atom is -0.481 e. The van der Waals surface area contributed by atoms with Crippen LogP contribution in [0.1, 0.15) is 57.4 Å². The Kier molecular flexibility index (Phi) is 5.22. The van der Waals surface area contributed by atoms with E-state index in [1.165, 1.54) is 12.0 Å². The predicted octanol–water partition coefficient (Wildman–Crippen LogP) is 4.68. The smallest absolute Gasteiger partial charge is 0.309 e. The van der Waals surface area contributed by atoms with E-state index in [1.54, 1.807) is 0 Å². The second-order valence-corrected chi connectivity index (χ2v) is 6.48. The number of carboxylic acid groups (broad SMARTS) is 1. The molecule has 1 aliphatic carbocycles. The fraction of sp³-hybridized carbons (Fsp3) is 0.611. The van der Waals surface area contributed by atoms with Gasteiger partial charge >= 0.3 is 5.97 Å². The standard InChI is InChI=1S/C18H26O2/c1-15-8-7-13-18(14-15,17(19)20)12-6-5-11-16-9-3-2-4-10-16/h2-4,9-10,15H,5-8,11-14H2,1H3,(H,19,20). The first kappa shape index (κ1) is 15.1. The Morgan fingerprint density at radius 2 is 2.05 bits per heavy atom. The van der Waals surface area contributed by atoms with Gasteiger partial charge in [0.2, 0.25) is 0 Å². The fourth-order valence-electron chi connectivity index (χ4n) is 3.63.